The lowest BCUT2D eigenvalue weighted by atomic mass is 10.9. The first kappa shape index (κ1) is 13.0. The van der Waals surface area contributed by atoms with Gasteiger partial charge in [0.05, 0.1) is 0 Å². The van der Waals surface area contributed by atoms with Gasteiger partial charge in [-0.3, -0.25) is 0 Å². The van der Waals surface area contributed by atoms with Crippen molar-refractivity contribution < 1.29 is 8.85 Å². The molecule has 0 saturated heterocycles. The summed E-state index contributed by atoms with van der Waals surface area (Å²) < 4.78 is 10.2. The van der Waals surface area contributed by atoms with Crippen LogP contribution in [0.4, 0.5) is 0 Å². The summed E-state index contributed by atoms with van der Waals surface area (Å²) in [6.45, 7) is 9.88. The summed E-state index contributed by atoms with van der Waals surface area (Å²) in [5, 5.41) is 17.2. The Hall–Kier alpha value is -0.986. The van der Waals surface area contributed by atoms with Crippen LogP contribution in [0.5, 0.6) is 0 Å². The largest absolute Gasteiger partial charge is 0.482 e. The van der Waals surface area contributed by atoms with Crippen molar-refractivity contribution in [3.63, 3.8) is 0 Å². The molecule has 0 aromatic rings. The van der Waals surface area contributed by atoms with Gasteiger partial charge in [0.1, 0.15) is 0 Å². The van der Waals surface area contributed by atoms with E-state index in [2.05, 4.69) is 0 Å². The molecule has 0 unspecified atom stereocenters. The summed E-state index contributed by atoms with van der Waals surface area (Å²) in [5.74, 6) is 0. The lowest BCUT2D eigenvalue weighted by Gasteiger charge is -2.34. The molecule has 0 spiro atoms. The maximum Gasteiger partial charge on any atom is 0.271 e. The molecule has 6 heteroatoms. The standard InChI is InChI=1S/C8H16N2O2Si2/c1-8(13(2,3)11-6-9)14(4,5)12-7-10/h8H,1-5H3. The molecule has 0 rings (SSSR count). The third kappa shape index (κ3) is 3.05. The predicted molar refractivity (Wildman–Crippen MR) is 57.8 cm³/mol. The minimum absolute atomic E-state index is 0.189. The Balaban J connectivity index is 4.69. The Morgan fingerprint density at radius 1 is 0.929 bits per heavy atom. The van der Waals surface area contributed by atoms with E-state index in [0.717, 1.165) is 0 Å². The zero-order valence-electron chi connectivity index (χ0n) is 9.29. The molecule has 0 aliphatic heterocycles. The third-order valence-electron chi connectivity index (χ3n) is 2.70. The van der Waals surface area contributed by atoms with Crippen molar-refractivity contribution in [2.24, 2.45) is 0 Å². The summed E-state index contributed by atoms with van der Waals surface area (Å²) in [6.07, 6.45) is 3.50. The molecule has 14 heavy (non-hydrogen) atoms. The highest BCUT2D eigenvalue weighted by atomic mass is 28.4. The second kappa shape index (κ2) is 4.49. The number of rotatable bonds is 4. The Bertz CT molecular complexity index is 250. The van der Waals surface area contributed by atoms with Gasteiger partial charge in [-0.25, -0.2) is 0 Å². The number of hydrogen-bond donors (Lipinski definition) is 0. The highest BCUT2D eigenvalue weighted by Crippen LogP contribution is 2.32. The first-order valence-corrected chi connectivity index (χ1v) is 10.4. The fourth-order valence-electron chi connectivity index (χ4n) is 1.25. The molecule has 0 amide bonds. The average molecular weight is 228 g/mol. The second-order valence-corrected chi connectivity index (χ2v) is 13.4. The van der Waals surface area contributed by atoms with E-state index >= 15 is 0 Å². The predicted octanol–water partition coefficient (Wildman–Crippen LogP) is 2.32. The van der Waals surface area contributed by atoms with Crippen LogP contribution in [0.3, 0.4) is 0 Å². The van der Waals surface area contributed by atoms with Crippen LogP contribution < -0.4 is 0 Å². The van der Waals surface area contributed by atoms with Crippen molar-refractivity contribution in [3.8, 4) is 12.5 Å². The van der Waals surface area contributed by atoms with E-state index in [-0.39, 0.29) is 5.16 Å². The number of nitrogens with zero attached hydrogens (tertiary/aromatic N) is 2. The smallest absolute Gasteiger partial charge is 0.271 e. The van der Waals surface area contributed by atoms with Crippen LogP contribution in [0.1, 0.15) is 6.92 Å². The van der Waals surface area contributed by atoms with E-state index in [1.54, 1.807) is 12.5 Å². The zero-order chi connectivity index (χ0) is 11.4. The van der Waals surface area contributed by atoms with Gasteiger partial charge in [0.25, 0.3) is 29.1 Å². The van der Waals surface area contributed by atoms with Crippen molar-refractivity contribution in [1.82, 2.24) is 0 Å². The molecule has 0 heterocycles. The van der Waals surface area contributed by atoms with E-state index in [0.29, 0.717) is 0 Å². The third-order valence-corrected chi connectivity index (χ3v) is 12.3. The molecule has 0 saturated carbocycles. The quantitative estimate of drug-likeness (QED) is 0.547. The van der Waals surface area contributed by atoms with Gasteiger partial charge < -0.3 is 8.85 Å². The van der Waals surface area contributed by atoms with Crippen LogP contribution in [0.15, 0.2) is 0 Å². The molecule has 0 radical (unpaired) electrons. The maximum absolute atomic E-state index is 8.52. The Morgan fingerprint density at radius 2 is 1.21 bits per heavy atom. The molecule has 0 aliphatic carbocycles. The van der Waals surface area contributed by atoms with E-state index in [9.17, 15) is 0 Å². The summed E-state index contributed by atoms with van der Waals surface area (Å²) in [7, 11) is -4.11. The molecule has 0 fully saturated rings. The molecule has 0 atom stereocenters. The van der Waals surface area contributed by atoms with Crippen molar-refractivity contribution in [3.05, 3.63) is 0 Å². The summed E-state index contributed by atoms with van der Waals surface area (Å²) in [6, 6.07) is 0. The van der Waals surface area contributed by atoms with Crippen LogP contribution in [-0.2, 0) is 8.85 Å². The lowest BCUT2D eigenvalue weighted by molar-refractivity contribution is 0.463. The molecule has 4 nitrogen and oxygen atoms in total. The van der Waals surface area contributed by atoms with Crippen LogP contribution >= 0.6 is 0 Å². The van der Waals surface area contributed by atoms with Gasteiger partial charge in [-0.15, -0.1) is 0 Å². The number of hydrogen-bond acceptors (Lipinski definition) is 4. The maximum atomic E-state index is 8.52. The molecule has 0 N–H and O–H groups in total. The zero-order valence-corrected chi connectivity index (χ0v) is 11.3. The normalized spacial score (nSPS) is 11.7. The first-order chi connectivity index (χ1) is 6.28. The highest BCUT2D eigenvalue weighted by Gasteiger charge is 2.46. The highest BCUT2D eigenvalue weighted by molar-refractivity contribution is 6.91. The van der Waals surface area contributed by atoms with Gasteiger partial charge in [0.2, 0.25) is 0 Å². The van der Waals surface area contributed by atoms with E-state index in [1.165, 1.54) is 0 Å². The molecule has 0 aromatic heterocycles. The van der Waals surface area contributed by atoms with Gasteiger partial charge in [-0.2, -0.15) is 10.5 Å². The second-order valence-electron chi connectivity index (χ2n) is 4.32. The van der Waals surface area contributed by atoms with Crippen LogP contribution in [0, 0.1) is 23.0 Å². The van der Waals surface area contributed by atoms with E-state index < -0.39 is 16.6 Å². The Morgan fingerprint density at radius 3 is 1.43 bits per heavy atom. The SMILES string of the molecule is CC([Si](C)(C)OC#N)[Si](C)(C)OC#N. The monoisotopic (exact) mass is 228 g/mol. The molecule has 78 valence electrons. The van der Waals surface area contributed by atoms with Crippen LogP contribution in [0.2, 0.25) is 31.4 Å². The molecule has 0 aliphatic rings. The van der Waals surface area contributed by atoms with Crippen LogP contribution in [0.25, 0.3) is 0 Å². The van der Waals surface area contributed by atoms with Gasteiger partial charge in [-0.05, 0) is 26.2 Å². The van der Waals surface area contributed by atoms with Gasteiger partial charge >= 0.3 is 0 Å². The Labute approximate surface area is 87.3 Å². The summed E-state index contributed by atoms with van der Waals surface area (Å²) in [4.78, 5) is 0. The van der Waals surface area contributed by atoms with Gasteiger partial charge in [0.15, 0.2) is 0 Å². The fourth-order valence-corrected chi connectivity index (χ4v) is 9.12. The van der Waals surface area contributed by atoms with Crippen molar-refractivity contribution in [1.29, 1.82) is 10.5 Å². The topological polar surface area (TPSA) is 66.0 Å². The number of nitriles is 2. The van der Waals surface area contributed by atoms with Crippen molar-refractivity contribution >= 4 is 16.6 Å². The summed E-state index contributed by atoms with van der Waals surface area (Å²) >= 11 is 0. The van der Waals surface area contributed by atoms with Crippen molar-refractivity contribution in [2.45, 2.75) is 38.3 Å². The van der Waals surface area contributed by atoms with Crippen LogP contribution in [-0.4, -0.2) is 16.6 Å². The average Bonchev–Trinajstić information content (AvgIpc) is 2.02. The van der Waals surface area contributed by atoms with Gasteiger partial charge in [0, 0.05) is 5.16 Å². The van der Waals surface area contributed by atoms with E-state index in [4.69, 9.17) is 19.4 Å². The minimum Gasteiger partial charge on any atom is -0.482 e. The molecular weight excluding hydrogens is 212 g/mol. The molecule has 0 aromatic carbocycles. The fraction of sp³-hybridized carbons (Fsp3) is 0.750. The van der Waals surface area contributed by atoms with E-state index in [1.807, 2.05) is 33.1 Å². The Kier molecular flexibility index (Phi) is 4.17. The minimum atomic E-state index is -2.05. The van der Waals surface area contributed by atoms with Gasteiger partial charge in [-0.1, -0.05) is 6.92 Å². The summed E-state index contributed by atoms with van der Waals surface area (Å²) in [5.41, 5.74) is 0. The first-order valence-electron chi connectivity index (χ1n) is 4.42. The molecular formula is C8H16N2O2Si2. The van der Waals surface area contributed by atoms with Crippen molar-refractivity contribution in [2.75, 3.05) is 0 Å². The molecule has 0 bridgehead atoms. The lowest BCUT2D eigenvalue weighted by Crippen LogP contribution is -2.48.